The average molecular weight is 343 g/mol. The van der Waals surface area contributed by atoms with Crippen molar-refractivity contribution in [2.24, 2.45) is 5.92 Å². The normalized spacial score (nSPS) is 14.6. The highest BCUT2D eigenvalue weighted by Gasteiger charge is 2.21. The summed E-state index contributed by atoms with van der Waals surface area (Å²) in [6, 6.07) is 7.78. The van der Waals surface area contributed by atoms with E-state index < -0.39 is 0 Å². The molecule has 1 aromatic heterocycles. The molecule has 0 unspecified atom stereocenters. The Balaban J connectivity index is 1.97. The van der Waals surface area contributed by atoms with Crippen LogP contribution in [0.2, 0.25) is 0 Å². The number of ether oxygens (including phenoxy) is 3. The molecule has 1 aliphatic heterocycles. The van der Waals surface area contributed by atoms with E-state index in [9.17, 15) is 0 Å². The Labute approximate surface area is 148 Å². The van der Waals surface area contributed by atoms with Crippen LogP contribution < -0.4 is 14.2 Å². The zero-order valence-electron chi connectivity index (χ0n) is 15.3. The molecule has 6 nitrogen and oxygen atoms in total. The Hall–Kier alpha value is -2.34. The minimum atomic E-state index is 0.497. The summed E-state index contributed by atoms with van der Waals surface area (Å²) in [6.45, 7) is 7.91. The van der Waals surface area contributed by atoms with Crippen LogP contribution in [0.25, 0.3) is 11.3 Å². The van der Waals surface area contributed by atoms with E-state index in [1.807, 2.05) is 18.2 Å². The molecular formula is C19H25N3O3. The van der Waals surface area contributed by atoms with Crippen molar-refractivity contribution >= 4 is 0 Å². The number of aromatic nitrogens is 2. The summed E-state index contributed by atoms with van der Waals surface area (Å²) in [5.74, 6) is 2.67. The van der Waals surface area contributed by atoms with E-state index in [0.29, 0.717) is 18.4 Å². The van der Waals surface area contributed by atoms with E-state index in [4.69, 9.17) is 14.2 Å². The van der Waals surface area contributed by atoms with Crippen molar-refractivity contribution in [2.45, 2.75) is 20.4 Å². The van der Waals surface area contributed by atoms with Crippen LogP contribution in [0.15, 0.2) is 24.3 Å². The number of hydrogen-bond donors (Lipinski definition) is 0. The summed E-state index contributed by atoms with van der Waals surface area (Å²) >= 11 is 0. The summed E-state index contributed by atoms with van der Waals surface area (Å²) in [7, 11) is 3.25. The van der Waals surface area contributed by atoms with Gasteiger partial charge in [-0.2, -0.15) is 0 Å². The van der Waals surface area contributed by atoms with Crippen LogP contribution in [-0.4, -0.2) is 49.0 Å². The fourth-order valence-corrected chi connectivity index (χ4v) is 3.09. The smallest absolute Gasteiger partial charge is 0.233 e. The van der Waals surface area contributed by atoms with Crippen LogP contribution in [0.3, 0.4) is 0 Å². The van der Waals surface area contributed by atoms with E-state index in [2.05, 4.69) is 35.0 Å². The molecule has 0 fully saturated rings. The van der Waals surface area contributed by atoms with Crippen molar-refractivity contribution < 1.29 is 14.2 Å². The largest absolute Gasteiger partial charge is 0.493 e. The molecule has 0 aliphatic carbocycles. The molecule has 25 heavy (non-hydrogen) atoms. The number of fused-ring (bicyclic) bond motifs is 1. The van der Waals surface area contributed by atoms with Gasteiger partial charge in [-0.05, 0) is 24.1 Å². The van der Waals surface area contributed by atoms with E-state index in [1.165, 1.54) is 0 Å². The quantitative estimate of drug-likeness (QED) is 0.832. The molecule has 2 aromatic rings. The third kappa shape index (κ3) is 4.02. The standard InChI is InChI=1S/C19H25N3O3/c1-13(2)11-22-7-8-25-19-15(12-22)9-14(10-17(19)23-3)16-5-6-18(24-4)21-20-16/h5-6,9-10,13H,7-8,11-12H2,1-4H3. The lowest BCUT2D eigenvalue weighted by Crippen LogP contribution is -2.29. The molecular weight excluding hydrogens is 318 g/mol. The Morgan fingerprint density at radius 3 is 2.64 bits per heavy atom. The van der Waals surface area contributed by atoms with Gasteiger partial charge in [-0.1, -0.05) is 13.8 Å². The first kappa shape index (κ1) is 17.5. The second kappa shape index (κ2) is 7.70. The zero-order chi connectivity index (χ0) is 17.8. The van der Waals surface area contributed by atoms with Crippen LogP contribution >= 0.6 is 0 Å². The topological polar surface area (TPSA) is 56.7 Å². The maximum Gasteiger partial charge on any atom is 0.233 e. The molecule has 6 heteroatoms. The highest BCUT2D eigenvalue weighted by Crippen LogP contribution is 2.38. The fourth-order valence-electron chi connectivity index (χ4n) is 3.09. The second-order valence-electron chi connectivity index (χ2n) is 6.61. The molecule has 2 heterocycles. The first-order valence-corrected chi connectivity index (χ1v) is 8.55. The molecule has 3 rings (SSSR count). The Morgan fingerprint density at radius 1 is 1.16 bits per heavy atom. The summed E-state index contributed by atoms with van der Waals surface area (Å²) < 4.78 is 16.6. The number of rotatable bonds is 5. The third-order valence-corrected chi connectivity index (χ3v) is 4.17. The van der Waals surface area contributed by atoms with E-state index in [1.54, 1.807) is 14.2 Å². The molecule has 0 radical (unpaired) electrons. The lowest BCUT2D eigenvalue weighted by molar-refractivity contribution is 0.205. The van der Waals surface area contributed by atoms with Gasteiger partial charge in [0.05, 0.1) is 19.9 Å². The average Bonchev–Trinajstić information content (AvgIpc) is 2.82. The van der Waals surface area contributed by atoms with Gasteiger partial charge in [-0.25, -0.2) is 0 Å². The molecule has 0 atom stereocenters. The van der Waals surface area contributed by atoms with Gasteiger partial charge in [0, 0.05) is 36.8 Å². The third-order valence-electron chi connectivity index (χ3n) is 4.17. The zero-order valence-corrected chi connectivity index (χ0v) is 15.3. The van der Waals surface area contributed by atoms with E-state index in [0.717, 1.165) is 48.0 Å². The van der Waals surface area contributed by atoms with Gasteiger partial charge >= 0.3 is 0 Å². The Morgan fingerprint density at radius 2 is 2.00 bits per heavy atom. The van der Waals surface area contributed by atoms with Gasteiger partial charge in [0.15, 0.2) is 11.5 Å². The minimum absolute atomic E-state index is 0.497. The fraction of sp³-hybridized carbons (Fsp3) is 0.474. The maximum absolute atomic E-state index is 5.99. The van der Waals surface area contributed by atoms with Crippen molar-refractivity contribution in [1.29, 1.82) is 0 Å². The van der Waals surface area contributed by atoms with Crippen molar-refractivity contribution in [3.63, 3.8) is 0 Å². The molecule has 1 aromatic carbocycles. The minimum Gasteiger partial charge on any atom is -0.493 e. The first-order valence-electron chi connectivity index (χ1n) is 8.55. The van der Waals surface area contributed by atoms with Crippen LogP contribution in [-0.2, 0) is 6.54 Å². The SMILES string of the molecule is COc1ccc(-c2cc3c(c(OC)c2)OCCN(CC(C)C)C3)nn1. The Kier molecular flexibility index (Phi) is 5.38. The van der Waals surface area contributed by atoms with Crippen LogP contribution in [0.5, 0.6) is 17.4 Å². The van der Waals surface area contributed by atoms with Crippen LogP contribution in [0.1, 0.15) is 19.4 Å². The Bertz CT molecular complexity index is 717. The van der Waals surface area contributed by atoms with Crippen molar-refractivity contribution in [2.75, 3.05) is 33.9 Å². The first-order chi connectivity index (χ1) is 12.1. The molecule has 0 bridgehead atoms. The predicted molar refractivity (Wildman–Crippen MR) is 96.2 cm³/mol. The highest BCUT2D eigenvalue weighted by molar-refractivity contribution is 5.66. The monoisotopic (exact) mass is 343 g/mol. The molecule has 0 amide bonds. The number of hydrogen-bond acceptors (Lipinski definition) is 6. The molecule has 134 valence electrons. The maximum atomic E-state index is 5.99. The second-order valence-corrected chi connectivity index (χ2v) is 6.61. The van der Waals surface area contributed by atoms with Gasteiger partial charge in [0.1, 0.15) is 6.61 Å². The van der Waals surface area contributed by atoms with Gasteiger partial charge in [-0.3, -0.25) is 4.90 Å². The van der Waals surface area contributed by atoms with Crippen molar-refractivity contribution in [1.82, 2.24) is 15.1 Å². The lowest BCUT2D eigenvalue weighted by atomic mass is 10.0. The van der Waals surface area contributed by atoms with E-state index in [-0.39, 0.29) is 0 Å². The van der Waals surface area contributed by atoms with Crippen LogP contribution in [0, 0.1) is 5.92 Å². The van der Waals surface area contributed by atoms with Crippen molar-refractivity contribution in [3.8, 4) is 28.6 Å². The number of nitrogens with zero attached hydrogens (tertiary/aromatic N) is 3. The highest BCUT2D eigenvalue weighted by atomic mass is 16.5. The summed E-state index contributed by atoms with van der Waals surface area (Å²) in [6.07, 6.45) is 0. The number of benzene rings is 1. The molecule has 0 N–H and O–H groups in total. The van der Waals surface area contributed by atoms with Crippen LogP contribution in [0.4, 0.5) is 0 Å². The summed E-state index contributed by atoms with van der Waals surface area (Å²) in [4.78, 5) is 2.42. The summed E-state index contributed by atoms with van der Waals surface area (Å²) in [5, 5.41) is 8.31. The number of methoxy groups -OCH3 is 2. The molecule has 0 saturated heterocycles. The van der Waals surface area contributed by atoms with Crippen molar-refractivity contribution in [3.05, 3.63) is 29.8 Å². The molecule has 1 aliphatic rings. The van der Waals surface area contributed by atoms with Gasteiger partial charge in [0.2, 0.25) is 5.88 Å². The van der Waals surface area contributed by atoms with Gasteiger partial charge < -0.3 is 14.2 Å². The van der Waals surface area contributed by atoms with Gasteiger partial charge in [-0.15, -0.1) is 10.2 Å². The predicted octanol–water partition coefficient (Wildman–Crippen LogP) is 3.01. The lowest BCUT2D eigenvalue weighted by Gasteiger charge is -2.21. The summed E-state index contributed by atoms with van der Waals surface area (Å²) in [5.41, 5.74) is 2.85. The van der Waals surface area contributed by atoms with Gasteiger partial charge in [0.25, 0.3) is 0 Å². The van der Waals surface area contributed by atoms with E-state index >= 15 is 0 Å². The molecule has 0 spiro atoms. The molecule has 0 saturated carbocycles.